The van der Waals surface area contributed by atoms with Gasteiger partial charge in [-0.25, -0.2) is 0 Å². The molecule has 0 heterocycles. The first-order chi connectivity index (χ1) is 8.86. The van der Waals surface area contributed by atoms with Gasteiger partial charge in [0.2, 0.25) is 0 Å². The van der Waals surface area contributed by atoms with Crippen LogP contribution in [-0.2, 0) is 11.2 Å². The Hall–Kier alpha value is -0.630. The van der Waals surface area contributed by atoms with Crippen molar-refractivity contribution in [3.63, 3.8) is 0 Å². The quantitative estimate of drug-likeness (QED) is 0.746. The van der Waals surface area contributed by atoms with Crippen LogP contribution in [0.5, 0.6) is 0 Å². The van der Waals surface area contributed by atoms with E-state index in [9.17, 15) is 4.79 Å². The topological polar surface area (TPSA) is 17.1 Å². The summed E-state index contributed by atoms with van der Waals surface area (Å²) in [6, 6.07) is 8.36. The van der Waals surface area contributed by atoms with Crippen LogP contribution in [0.25, 0.3) is 0 Å². The Morgan fingerprint density at radius 3 is 2.42 bits per heavy atom. The Labute approximate surface area is 124 Å². The zero-order chi connectivity index (χ0) is 14.0. The van der Waals surface area contributed by atoms with Gasteiger partial charge in [-0.1, -0.05) is 48.8 Å². The summed E-state index contributed by atoms with van der Waals surface area (Å²) in [5.74, 6) is 1.35. The Morgan fingerprint density at radius 2 is 1.84 bits per heavy atom. The largest absolute Gasteiger partial charge is 0.299 e. The summed E-state index contributed by atoms with van der Waals surface area (Å²) in [5, 5.41) is 0. The van der Waals surface area contributed by atoms with E-state index < -0.39 is 0 Å². The van der Waals surface area contributed by atoms with Gasteiger partial charge in [0.15, 0.2) is 0 Å². The lowest BCUT2D eigenvalue weighted by atomic mass is 9.67. The van der Waals surface area contributed by atoms with Gasteiger partial charge in [0, 0.05) is 16.8 Å². The molecule has 1 aliphatic rings. The zero-order valence-corrected chi connectivity index (χ0v) is 13.7. The average Bonchev–Trinajstić information content (AvgIpc) is 2.33. The smallest absolute Gasteiger partial charge is 0.136 e. The van der Waals surface area contributed by atoms with Gasteiger partial charge in [-0.05, 0) is 48.3 Å². The number of halogens is 1. The number of hydrogen-bond acceptors (Lipinski definition) is 1. The number of benzene rings is 1. The van der Waals surface area contributed by atoms with Gasteiger partial charge in [0.1, 0.15) is 5.78 Å². The lowest BCUT2D eigenvalue weighted by Gasteiger charge is -2.37. The fourth-order valence-electron chi connectivity index (χ4n) is 3.00. The number of Topliss-reactive ketones (excluding diaryl/α,β-unsaturated/α-hetero) is 1. The molecule has 0 aliphatic heterocycles. The first kappa shape index (κ1) is 14.8. The second-order valence-electron chi connectivity index (χ2n) is 6.83. The van der Waals surface area contributed by atoms with Gasteiger partial charge in [-0.2, -0.15) is 0 Å². The van der Waals surface area contributed by atoms with Gasteiger partial charge in [0.25, 0.3) is 0 Å². The maximum absolute atomic E-state index is 12.1. The summed E-state index contributed by atoms with van der Waals surface area (Å²) < 4.78 is 1.10. The van der Waals surface area contributed by atoms with Crippen LogP contribution in [0, 0.1) is 17.3 Å². The number of rotatable bonds is 2. The van der Waals surface area contributed by atoms with E-state index >= 15 is 0 Å². The predicted octanol–water partition coefficient (Wildman–Crippen LogP) is 5.02. The molecule has 1 saturated carbocycles. The van der Waals surface area contributed by atoms with Crippen molar-refractivity contribution in [1.29, 1.82) is 0 Å². The van der Waals surface area contributed by atoms with Crippen LogP contribution in [0.1, 0.15) is 45.6 Å². The van der Waals surface area contributed by atoms with E-state index in [2.05, 4.69) is 61.0 Å². The van der Waals surface area contributed by atoms with Crippen molar-refractivity contribution in [2.45, 2.75) is 46.5 Å². The van der Waals surface area contributed by atoms with Crippen LogP contribution < -0.4 is 0 Å². The van der Waals surface area contributed by atoms with Crippen molar-refractivity contribution in [2.75, 3.05) is 0 Å². The first-order valence-electron chi connectivity index (χ1n) is 7.13. The Balaban J connectivity index is 2.05. The van der Waals surface area contributed by atoms with Crippen LogP contribution in [0.15, 0.2) is 28.7 Å². The first-order valence-corrected chi connectivity index (χ1v) is 7.92. The lowest BCUT2D eigenvalue weighted by molar-refractivity contribution is -0.126. The summed E-state index contributed by atoms with van der Waals surface area (Å²) >= 11 is 3.45. The maximum Gasteiger partial charge on any atom is 0.136 e. The number of hydrogen-bond donors (Lipinski definition) is 0. The molecule has 0 aromatic heterocycles. The van der Waals surface area contributed by atoms with E-state index in [1.165, 1.54) is 5.56 Å². The molecular weight excluding hydrogens is 300 g/mol. The summed E-state index contributed by atoms with van der Waals surface area (Å²) in [6.45, 7) is 6.89. The minimum Gasteiger partial charge on any atom is -0.299 e. The summed E-state index contributed by atoms with van der Waals surface area (Å²) in [5.41, 5.74) is 1.59. The van der Waals surface area contributed by atoms with Gasteiger partial charge in [-0.3, -0.25) is 4.79 Å². The molecule has 2 rings (SSSR count). The molecule has 1 fully saturated rings. The molecule has 0 saturated heterocycles. The molecule has 104 valence electrons. The minimum absolute atomic E-state index is 0.221. The van der Waals surface area contributed by atoms with Crippen molar-refractivity contribution in [3.05, 3.63) is 34.3 Å². The molecule has 0 radical (unpaired) electrons. The predicted molar refractivity (Wildman–Crippen MR) is 83.1 cm³/mol. The second-order valence-corrected chi connectivity index (χ2v) is 7.75. The highest BCUT2D eigenvalue weighted by atomic mass is 79.9. The van der Waals surface area contributed by atoms with Crippen LogP contribution in [0.3, 0.4) is 0 Å². The highest BCUT2D eigenvalue weighted by molar-refractivity contribution is 9.10. The van der Waals surface area contributed by atoms with E-state index in [4.69, 9.17) is 0 Å². The molecule has 2 atom stereocenters. The molecule has 0 N–H and O–H groups in total. The van der Waals surface area contributed by atoms with Crippen LogP contribution in [0.2, 0.25) is 0 Å². The summed E-state index contributed by atoms with van der Waals surface area (Å²) in [4.78, 5) is 12.1. The SMILES string of the molecule is CC(C)(C)C1CCC(=O)C(Cc2ccc(Br)cc2)C1. The Morgan fingerprint density at radius 1 is 1.21 bits per heavy atom. The molecular formula is C17H23BrO. The molecule has 1 aliphatic carbocycles. The van der Waals surface area contributed by atoms with Crippen molar-refractivity contribution >= 4 is 21.7 Å². The number of ketones is 1. The third-order valence-electron chi connectivity index (χ3n) is 4.38. The average molecular weight is 323 g/mol. The van der Waals surface area contributed by atoms with Crippen molar-refractivity contribution in [1.82, 2.24) is 0 Å². The maximum atomic E-state index is 12.1. The van der Waals surface area contributed by atoms with E-state index in [-0.39, 0.29) is 5.92 Å². The van der Waals surface area contributed by atoms with Gasteiger partial charge < -0.3 is 0 Å². The fraction of sp³-hybridized carbons (Fsp3) is 0.588. The van der Waals surface area contributed by atoms with Gasteiger partial charge in [0.05, 0.1) is 0 Å². The fourth-order valence-corrected chi connectivity index (χ4v) is 3.27. The van der Waals surface area contributed by atoms with Crippen LogP contribution >= 0.6 is 15.9 Å². The number of carbonyl (C=O) groups is 1. The molecule has 0 bridgehead atoms. The minimum atomic E-state index is 0.221. The molecule has 1 nitrogen and oxygen atoms in total. The van der Waals surface area contributed by atoms with E-state index in [1.54, 1.807) is 0 Å². The molecule has 2 unspecified atom stereocenters. The molecule has 0 spiro atoms. The monoisotopic (exact) mass is 322 g/mol. The third-order valence-corrected chi connectivity index (χ3v) is 4.91. The van der Waals surface area contributed by atoms with Gasteiger partial charge in [-0.15, -0.1) is 0 Å². The summed E-state index contributed by atoms with van der Waals surface area (Å²) in [6.07, 6.45) is 3.79. The Kier molecular flexibility index (Phi) is 4.50. The van der Waals surface area contributed by atoms with E-state index in [1.807, 2.05) is 0 Å². The van der Waals surface area contributed by atoms with E-state index in [0.29, 0.717) is 17.1 Å². The standard InChI is InChI=1S/C17H23BrO/c1-17(2,3)14-6-9-16(19)13(11-14)10-12-4-7-15(18)8-5-12/h4-5,7-8,13-14H,6,9-11H2,1-3H3. The molecule has 1 aromatic rings. The number of carbonyl (C=O) groups excluding carboxylic acids is 1. The lowest BCUT2D eigenvalue weighted by Crippen LogP contribution is -2.33. The van der Waals surface area contributed by atoms with Gasteiger partial charge >= 0.3 is 0 Å². The molecule has 19 heavy (non-hydrogen) atoms. The van der Waals surface area contributed by atoms with Crippen LogP contribution in [0.4, 0.5) is 0 Å². The van der Waals surface area contributed by atoms with Crippen LogP contribution in [-0.4, -0.2) is 5.78 Å². The van der Waals surface area contributed by atoms with E-state index in [0.717, 1.165) is 30.2 Å². The van der Waals surface area contributed by atoms with Crippen molar-refractivity contribution in [3.8, 4) is 0 Å². The second kappa shape index (κ2) is 5.78. The van der Waals surface area contributed by atoms with Crippen molar-refractivity contribution < 1.29 is 4.79 Å². The third kappa shape index (κ3) is 3.92. The highest BCUT2D eigenvalue weighted by Gasteiger charge is 2.34. The summed E-state index contributed by atoms with van der Waals surface area (Å²) in [7, 11) is 0. The molecule has 2 heteroatoms. The van der Waals surface area contributed by atoms with Crippen molar-refractivity contribution in [2.24, 2.45) is 17.3 Å². The normalized spacial score (nSPS) is 24.5. The zero-order valence-electron chi connectivity index (χ0n) is 12.1. The molecule has 0 amide bonds. The Bertz CT molecular complexity index is 441. The molecule has 1 aromatic carbocycles. The highest BCUT2D eigenvalue weighted by Crippen LogP contribution is 2.39.